The van der Waals surface area contributed by atoms with Gasteiger partial charge in [-0.25, -0.2) is 4.79 Å². The van der Waals surface area contributed by atoms with Gasteiger partial charge >= 0.3 is 6.03 Å². The number of carbonyl (C=O) groups excluding carboxylic acids is 1. The fourth-order valence-electron chi connectivity index (χ4n) is 2.85. The highest BCUT2D eigenvalue weighted by atomic mass is 16.2. The first-order valence-corrected chi connectivity index (χ1v) is 6.75. The lowest BCUT2D eigenvalue weighted by molar-refractivity contribution is 0.192. The molecule has 5 heteroatoms. The number of aryl methyl sites for hydroxylation is 2. The van der Waals surface area contributed by atoms with Crippen molar-refractivity contribution in [3.8, 4) is 0 Å². The molecule has 2 heterocycles. The molecule has 1 atom stereocenters. The molecule has 0 unspecified atom stereocenters. The summed E-state index contributed by atoms with van der Waals surface area (Å²) in [5.74, 6) is 0. The largest absolute Gasteiger partial charge is 0.335 e. The number of likely N-dealkylation sites (tertiary alicyclic amines) is 1. The minimum atomic E-state index is 0.0972. The number of aromatic amines is 1. The van der Waals surface area contributed by atoms with E-state index < -0.39 is 0 Å². The van der Waals surface area contributed by atoms with Gasteiger partial charge in [-0.2, -0.15) is 5.10 Å². The van der Waals surface area contributed by atoms with E-state index in [1.54, 1.807) is 0 Å². The van der Waals surface area contributed by atoms with Crippen LogP contribution in [0, 0.1) is 13.8 Å². The number of aromatic nitrogens is 2. The van der Waals surface area contributed by atoms with Crippen molar-refractivity contribution in [2.75, 3.05) is 6.54 Å². The number of hydrogen-bond acceptors (Lipinski definition) is 2. The lowest BCUT2D eigenvalue weighted by atomic mass is 10.0. The maximum absolute atomic E-state index is 12.2. The van der Waals surface area contributed by atoms with E-state index >= 15 is 0 Å². The summed E-state index contributed by atoms with van der Waals surface area (Å²) < 4.78 is 0. The number of nitrogens with zero attached hydrogens (tertiary/aromatic N) is 2. The average molecular weight is 248 g/mol. The summed E-state index contributed by atoms with van der Waals surface area (Å²) in [5, 5.41) is 10.3. The van der Waals surface area contributed by atoms with E-state index in [1.165, 1.54) is 5.56 Å². The summed E-state index contributed by atoms with van der Waals surface area (Å²) in [5.41, 5.74) is 3.31. The quantitative estimate of drug-likeness (QED) is 0.841. The van der Waals surface area contributed by atoms with Crippen LogP contribution in [0.25, 0.3) is 0 Å². The van der Waals surface area contributed by atoms with Gasteiger partial charge in [-0.1, -0.05) is 0 Å². The van der Waals surface area contributed by atoms with Crippen molar-refractivity contribution in [2.45, 2.75) is 51.6 Å². The van der Waals surface area contributed by atoms with Crippen molar-refractivity contribution in [2.24, 2.45) is 0 Å². The van der Waals surface area contributed by atoms with Crippen LogP contribution in [0.5, 0.6) is 0 Å². The van der Waals surface area contributed by atoms with Crippen molar-refractivity contribution < 1.29 is 4.79 Å². The molecule has 2 fully saturated rings. The van der Waals surface area contributed by atoms with Gasteiger partial charge in [-0.15, -0.1) is 0 Å². The minimum Gasteiger partial charge on any atom is -0.335 e. The molecular formula is C13H20N4O. The fraction of sp³-hybridized carbons (Fsp3) is 0.692. The van der Waals surface area contributed by atoms with Crippen LogP contribution in [0.3, 0.4) is 0 Å². The van der Waals surface area contributed by atoms with Gasteiger partial charge in [0.15, 0.2) is 0 Å². The van der Waals surface area contributed by atoms with Crippen LogP contribution < -0.4 is 5.32 Å². The second kappa shape index (κ2) is 4.30. The summed E-state index contributed by atoms with van der Waals surface area (Å²) in [6.45, 7) is 4.89. The molecule has 5 nitrogen and oxygen atoms in total. The van der Waals surface area contributed by atoms with Crippen LogP contribution in [0.2, 0.25) is 0 Å². The van der Waals surface area contributed by atoms with Gasteiger partial charge in [0.1, 0.15) is 0 Å². The Balaban J connectivity index is 1.80. The molecule has 0 spiro atoms. The number of H-pyrrole nitrogens is 1. The molecule has 1 aromatic rings. The van der Waals surface area contributed by atoms with E-state index in [0.29, 0.717) is 6.04 Å². The predicted octanol–water partition coefficient (Wildman–Crippen LogP) is 2.04. The highest BCUT2D eigenvalue weighted by Gasteiger charge is 2.35. The normalized spacial score (nSPS) is 23.4. The topological polar surface area (TPSA) is 61.0 Å². The molecule has 1 saturated heterocycles. The number of urea groups is 1. The first-order valence-electron chi connectivity index (χ1n) is 6.75. The molecule has 2 N–H and O–H groups in total. The number of amides is 2. The molecule has 1 aromatic heterocycles. The van der Waals surface area contributed by atoms with Crippen LogP contribution in [0.4, 0.5) is 4.79 Å². The minimum absolute atomic E-state index is 0.0972. The number of carbonyl (C=O) groups is 1. The molecule has 0 aromatic carbocycles. The van der Waals surface area contributed by atoms with Gasteiger partial charge in [0.2, 0.25) is 0 Å². The van der Waals surface area contributed by atoms with Gasteiger partial charge in [0, 0.05) is 23.8 Å². The Morgan fingerprint density at radius 1 is 1.39 bits per heavy atom. The number of rotatable bonds is 2. The maximum atomic E-state index is 12.2. The Kier molecular flexibility index (Phi) is 2.76. The molecule has 2 aliphatic rings. The Morgan fingerprint density at radius 2 is 2.17 bits per heavy atom. The van der Waals surface area contributed by atoms with Crippen molar-refractivity contribution in [1.82, 2.24) is 20.4 Å². The summed E-state index contributed by atoms with van der Waals surface area (Å²) in [4.78, 5) is 14.2. The van der Waals surface area contributed by atoms with E-state index in [0.717, 1.165) is 43.6 Å². The van der Waals surface area contributed by atoms with Gasteiger partial charge in [-0.05, 0) is 39.5 Å². The molecule has 98 valence electrons. The zero-order valence-corrected chi connectivity index (χ0v) is 11.0. The Bertz CT molecular complexity index is 444. The summed E-state index contributed by atoms with van der Waals surface area (Å²) >= 11 is 0. The van der Waals surface area contributed by atoms with E-state index in [4.69, 9.17) is 0 Å². The third kappa shape index (κ3) is 1.98. The SMILES string of the molecule is Cc1n[nH]c(C)c1[C@H]1CCCN1C(=O)NC1CC1. The molecule has 0 bridgehead atoms. The zero-order valence-electron chi connectivity index (χ0n) is 11.0. The van der Waals surface area contributed by atoms with Crippen LogP contribution >= 0.6 is 0 Å². The van der Waals surface area contributed by atoms with E-state index in [1.807, 2.05) is 18.7 Å². The maximum Gasteiger partial charge on any atom is 0.318 e. The van der Waals surface area contributed by atoms with Crippen LogP contribution in [0.1, 0.15) is 48.7 Å². The second-order valence-electron chi connectivity index (χ2n) is 5.42. The summed E-state index contributed by atoms with van der Waals surface area (Å²) in [6.07, 6.45) is 4.38. The van der Waals surface area contributed by atoms with Gasteiger partial charge in [-0.3, -0.25) is 5.10 Å². The number of nitrogens with one attached hydrogen (secondary N) is 2. The fourth-order valence-corrected chi connectivity index (χ4v) is 2.85. The Morgan fingerprint density at radius 3 is 2.78 bits per heavy atom. The first-order chi connectivity index (χ1) is 8.66. The van der Waals surface area contributed by atoms with Crippen LogP contribution in [-0.4, -0.2) is 33.7 Å². The third-order valence-corrected chi connectivity index (χ3v) is 3.94. The smallest absolute Gasteiger partial charge is 0.318 e. The molecule has 1 aliphatic heterocycles. The Labute approximate surface area is 107 Å². The number of hydrogen-bond donors (Lipinski definition) is 2. The molecule has 0 radical (unpaired) electrons. The zero-order chi connectivity index (χ0) is 12.7. The van der Waals surface area contributed by atoms with Gasteiger partial charge < -0.3 is 10.2 Å². The molecular weight excluding hydrogens is 228 g/mol. The highest BCUT2D eigenvalue weighted by Crippen LogP contribution is 2.35. The average Bonchev–Trinajstić information content (AvgIpc) is 2.90. The monoisotopic (exact) mass is 248 g/mol. The van der Waals surface area contributed by atoms with Crippen molar-refractivity contribution >= 4 is 6.03 Å². The lowest BCUT2D eigenvalue weighted by Gasteiger charge is -2.25. The first kappa shape index (κ1) is 11.6. The van der Waals surface area contributed by atoms with E-state index in [9.17, 15) is 4.79 Å². The predicted molar refractivity (Wildman–Crippen MR) is 68.3 cm³/mol. The standard InChI is InChI=1S/C13H20N4O/c1-8-12(9(2)16-15-8)11-4-3-7-17(11)13(18)14-10-5-6-10/h10-11H,3-7H2,1-2H3,(H,14,18)(H,15,16)/t11-/m1/s1. The molecule has 3 rings (SSSR count). The van der Waals surface area contributed by atoms with Crippen molar-refractivity contribution in [3.05, 3.63) is 17.0 Å². The van der Waals surface area contributed by atoms with E-state index in [2.05, 4.69) is 15.5 Å². The van der Waals surface area contributed by atoms with Gasteiger partial charge in [0.25, 0.3) is 0 Å². The van der Waals surface area contributed by atoms with Gasteiger partial charge in [0.05, 0.1) is 11.7 Å². The molecule has 18 heavy (non-hydrogen) atoms. The summed E-state index contributed by atoms with van der Waals surface area (Å²) in [6, 6.07) is 0.716. The van der Waals surface area contributed by atoms with Crippen LogP contribution in [-0.2, 0) is 0 Å². The third-order valence-electron chi connectivity index (χ3n) is 3.94. The summed E-state index contributed by atoms with van der Waals surface area (Å²) in [7, 11) is 0. The van der Waals surface area contributed by atoms with Crippen molar-refractivity contribution in [3.63, 3.8) is 0 Å². The molecule has 1 aliphatic carbocycles. The second-order valence-corrected chi connectivity index (χ2v) is 5.42. The molecule has 1 saturated carbocycles. The highest BCUT2D eigenvalue weighted by molar-refractivity contribution is 5.76. The lowest BCUT2D eigenvalue weighted by Crippen LogP contribution is -2.40. The molecule has 2 amide bonds. The Hall–Kier alpha value is -1.52. The van der Waals surface area contributed by atoms with Crippen LogP contribution in [0.15, 0.2) is 0 Å². The van der Waals surface area contributed by atoms with E-state index in [-0.39, 0.29) is 12.1 Å². The van der Waals surface area contributed by atoms with Crippen molar-refractivity contribution in [1.29, 1.82) is 0 Å².